The molecule has 0 aliphatic carbocycles. The molecule has 304 valence electrons. The molecule has 2 aromatic heterocycles. The van der Waals surface area contributed by atoms with E-state index in [1.807, 2.05) is 6.07 Å². The van der Waals surface area contributed by atoms with Gasteiger partial charge in [-0.2, -0.15) is 0 Å². The van der Waals surface area contributed by atoms with Crippen molar-refractivity contribution in [3.05, 3.63) is 243 Å². The number of anilines is 3. The van der Waals surface area contributed by atoms with E-state index in [0.29, 0.717) is 0 Å². The molecular formula is C62H40N2O. The highest BCUT2D eigenvalue weighted by atomic mass is 16.3. The SMILES string of the molecule is c1cc(-c2ccc3c(ccc4ccccc43)c2)cc(N(c2cccc(-c3ccccc3-n3c4ccccc4c4ccccc43)c2)c2ccccc2-c2cccc3c2oc2ccccc23)c1. The lowest BCUT2D eigenvalue weighted by Crippen LogP contribution is -2.11. The van der Waals surface area contributed by atoms with Gasteiger partial charge in [-0.25, -0.2) is 0 Å². The van der Waals surface area contributed by atoms with Crippen LogP contribution in [0.2, 0.25) is 0 Å². The van der Waals surface area contributed by atoms with E-state index in [9.17, 15) is 0 Å². The van der Waals surface area contributed by atoms with Crippen molar-refractivity contribution >= 4 is 82.4 Å². The van der Waals surface area contributed by atoms with Crippen LogP contribution in [-0.2, 0) is 0 Å². The Morgan fingerprint density at radius 3 is 1.69 bits per heavy atom. The van der Waals surface area contributed by atoms with Crippen LogP contribution in [0, 0.1) is 0 Å². The first-order valence-corrected chi connectivity index (χ1v) is 22.2. The second-order valence-corrected chi connectivity index (χ2v) is 16.8. The zero-order chi connectivity index (χ0) is 42.8. The Hall–Kier alpha value is -8.66. The van der Waals surface area contributed by atoms with E-state index in [2.05, 4.69) is 246 Å². The Balaban J connectivity index is 1.01. The molecule has 65 heavy (non-hydrogen) atoms. The van der Waals surface area contributed by atoms with E-state index in [1.54, 1.807) is 0 Å². The number of fused-ring (bicyclic) bond motifs is 9. The molecule has 0 fully saturated rings. The highest BCUT2D eigenvalue weighted by Gasteiger charge is 2.22. The summed E-state index contributed by atoms with van der Waals surface area (Å²) in [6.07, 6.45) is 0. The number of benzene rings is 11. The third-order valence-corrected chi connectivity index (χ3v) is 13.2. The summed E-state index contributed by atoms with van der Waals surface area (Å²) in [6.45, 7) is 0. The van der Waals surface area contributed by atoms with Crippen LogP contribution in [-0.4, -0.2) is 4.57 Å². The molecule has 0 spiro atoms. The summed E-state index contributed by atoms with van der Waals surface area (Å²) < 4.78 is 9.11. The molecule has 11 aromatic carbocycles. The summed E-state index contributed by atoms with van der Waals surface area (Å²) in [5.41, 5.74) is 15.1. The highest BCUT2D eigenvalue weighted by molar-refractivity contribution is 6.12. The van der Waals surface area contributed by atoms with Crippen LogP contribution in [0.1, 0.15) is 0 Å². The van der Waals surface area contributed by atoms with E-state index in [-0.39, 0.29) is 0 Å². The average molecular weight is 829 g/mol. The highest BCUT2D eigenvalue weighted by Crippen LogP contribution is 2.46. The lowest BCUT2D eigenvalue weighted by molar-refractivity contribution is 0.670. The molecule has 3 heteroatoms. The molecule has 0 bridgehead atoms. The van der Waals surface area contributed by atoms with Crippen LogP contribution in [0.5, 0.6) is 0 Å². The monoisotopic (exact) mass is 828 g/mol. The Labute approximate surface area is 376 Å². The van der Waals surface area contributed by atoms with Gasteiger partial charge in [-0.05, 0) is 98.9 Å². The molecule has 0 unspecified atom stereocenters. The fourth-order valence-electron chi connectivity index (χ4n) is 10.2. The largest absolute Gasteiger partial charge is 0.455 e. The third-order valence-electron chi connectivity index (χ3n) is 13.2. The summed E-state index contributed by atoms with van der Waals surface area (Å²) in [5.74, 6) is 0. The molecule has 0 radical (unpaired) electrons. The lowest BCUT2D eigenvalue weighted by Gasteiger charge is -2.29. The standard InChI is InChI=1S/C62H40N2O/c1-2-21-48-41(16-1)34-35-45-38-43(36-37-49(45)48)42-17-13-19-46(39-42)63(58-30-9-6-25-53(58)55-27-15-28-56-54-26-7-12-33-61(54)65-62(55)56)47-20-14-18-44(40-47)50-22-3-8-29-57(50)64-59-31-10-4-23-51(59)52-24-5-11-32-60(52)64/h1-40H. The smallest absolute Gasteiger partial charge is 0.143 e. The zero-order valence-corrected chi connectivity index (χ0v) is 35.4. The molecule has 0 amide bonds. The lowest BCUT2D eigenvalue weighted by atomic mass is 9.96. The maximum Gasteiger partial charge on any atom is 0.143 e. The summed E-state index contributed by atoms with van der Waals surface area (Å²) in [5, 5.41) is 9.72. The molecule has 0 aliphatic heterocycles. The van der Waals surface area contributed by atoms with Gasteiger partial charge >= 0.3 is 0 Å². The molecule has 0 aliphatic rings. The van der Waals surface area contributed by atoms with Gasteiger partial charge in [0, 0.05) is 49.6 Å². The Kier molecular flexibility index (Phi) is 8.53. The first kappa shape index (κ1) is 36.9. The van der Waals surface area contributed by atoms with Gasteiger partial charge in [0.25, 0.3) is 0 Å². The van der Waals surface area contributed by atoms with Crippen molar-refractivity contribution < 1.29 is 4.42 Å². The number of aromatic nitrogens is 1. The number of nitrogens with zero attached hydrogens (tertiary/aromatic N) is 2. The minimum atomic E-state index is 0.882. The molecule has 0 atom stereocenters. The molecule has 2 heterocycles. The third kappa shape index (κ3) is 6.05. The molecule has 0 saturated heterocycles. The van der Waals surface area contributed by atoms with Gasteiger partial charge in [-0.15, -0.1) is 0 Å². The van der Waals surface area contributed by atoms with E-state index in [0.717, 1.165) is 72.5 Å². The van der Waals surface area contributed by atoms with Crippen molar-refractivity contribution in [2.24, 2.45) is 0 Å². The normalized spacial score (nSPS) is 11.7. The van der Waals surface area contributed by atoms with Gasteiger partial charge in [0.1, 0.15) is 11.2 Å². The maximum absolute atomic E-state index is 6.69. The Morgan fingerprint density at radius 2 is 0.877 bits per heavy atom. The quantitative estimate of drug-likeness (QED) is 0.149. The number of rotatable bonds is 7. The minimum Gasteiger partial charge on any atom is -0.455 e. The number of hydrogen-bond donors (Lipinski definition) is 0. The topological polar surface area (TPSA) is 21.3 Å². The molecule has 0 saturated carbocycles. The Morgan fingerprint density at radius 1 is 0.323 bits per heavy atom. The van der Waals surface area contributed by atoms with Crippen molar-refractivity contribution in [3.8, 4) is 39.1 Å². The summed E-state index contributed by atoms with van der Waals surface area (Å²) in [4.78, 5) is 2.42. The number of para-hydroxylation sites is 6. The molecule has 3 nitrogen and oxygen atoms in total. The second kappa shape index (κ2) is 15.0. The van der Waals surface area contributed by atoms with Crippen molar-refractivity contribution in [3.63, 3.8) is 0 Å². The number of hydrogen-bond acceptors (Lipinski definition) is 2. The first-order valence-electron chi connectivity index (χ1n) is 22.2. The summed E-state index contributed by atoms with van der Waals surface area (Å²) in [7, 11) is 0. The molecule has 0 N–H and O–H groups in total. The first-order chi connectivity index (χ1) is 32.2. The van der Waals surface area contributed by atoms with E-state index in [4.69, 9.17) is 4.42 Å². The van der Waals surface area contributed by atoms with Crippen LogP contribution in [0.3, 0.4) is 0 Å². The Bertz CT molecular complexity index is 3930. The fraction of sp³-hybridized carbons (Fsp3) is 0. The maximum atomic E-state index is 6.69. The molecule has 13 aromatic rings. The van der Waals surface area contributed by atoms with Gasteiger partial charge in [-0.1, -0.05) is 182 Å². The van der Waals surface area contributed by atoms with Crippen LogP contribution in [0.4, 0.5) is 17.1 Å². The van der Waals surface area contributed by atoms with Crippen LogP contribution < -0.4 is 4.90 Å². The van der Waals surface area contributed by atoms with Gasteiger partial charge in [0.15, 0.2) is 0 Å². The van der Waals surface area contributed by atoms with Crippen molar-refractivity contribution in [1.29, 1.82) is 0 Å². The van der Waals surface area contributed by atoms with Crippen LogP contribution >= 0.6 is 0 Å². The predicted molar refractivity (Wildman–Crippen MR) is 274 cm³/mol. The predicted octanol–water partition coefficient (Wildman–Crippen LogP) is 17.5. The van der Waals surface area contributed by atoms with Crippen molar-refractivity contribution in [2.75, 3.05) is 4.90 Å². The van der Waals surface area contributed by atoms with Crippen LogP contribution in [0.15, 0.2) is 247 Å². The summed E-state index contributed by atoms with van der Waals surface area (Å²) in [6, 6.07) is 87.8. The van der Waals surface area contributed by atoms with Gasteiger partial charge in [0.05, 0.1) is 22.4 Å². The van der Waals surface area contributed by atoms with Crippen molar-refractivity contribution in [1.82, 2.24) is 4.57 Å². The average Bonchev–Trinajstić information content (AvgIpc) is 3.93. The van der Waals surface area contributed by atoms with Gasteiger partial charge in [0.2, 0.25) is 0 Å². The minimum absolute atomic E-state index is 0.882. The van der Waals surface area contributed by atoms with E-state index < -0.39 is 0 Å². The molecular weight excluding hydrogens is 789 g/mol. The fourth-order valence-corrected chi connectivity index (χ4v) is 10.2. The number of furan rings is 1. The van der Waals surface area contributed by atoms with E-state index >= 15 is 0 Å². The van der Waals surface area contributed by atoms with E-state index in [1.165, 1.54) is 48.9 Å². The second-order valence-electron chi connectivity index (χ2n) is 16.8. The van der Waals surface area contributed by atoms with Gasteiger partial charge < -0.3 is 13.9 Å². The van der Waals surface area contributed by atoms with Crippen molar-refractivity contribution in [2.45, 2.75) is 0 Å². The van der Waals surface area contributed by atoms with Crippen LogP contribution in [0.25, 0.3) is 104 Å². The molecule has 13 rings (SSSR count). The zero-order valence-electron chi connectivity index (χ0n) is 35.4. The van der Waals surface area contributed by atoms with Gasteiger partial charge in [-0.3, -0.25) is 0 Å². The summed E-state index contributed by atoms with van der Waals surface area (Å²) >= 11 is 0.